The molecule has 3 aromatic heterocycles. The van der Waals surface area contributed by atoms with Crippen LogP contribution in [0.3, 0.4) is 0 Å². The molecule has 0 aliphatic heterocycles. The van der Waals surface area contributed by atoms with Gasteiger partial charge in [-0.25, -0.2) is 4.98 Å². The lowest BCUT2D eigenvalue weighted by molar-refractivity contribution is 0.0987. The molecule has 0 N–H and O–H groups in total. The summed E-state index contributed by atoms with van der Waals surface area (Å²) >= 11 is 2.97. The second-order valence-corrected chi connectivity index (χ2v) is 7.76. The molecule has 6 heteroatoms. The number of nitrogens with zero attached hydrogens (tertiary/aromatic N) is 2. The van der Waals surface area contributed by atoms with Gasteiger partial charge in [-0.1, -0.05) is 23.5 Å². The average molecular weight is 368 g/mol. The van der Waals surface area contributed by atoms with Gasteiger partial charge in [0.05, 0.1) is 27.9 Å². The summed E-state index contributed by atoms with van der Waals surface area (Å²) in [6.07, 6.45) is 1.62. The van der Waals surface area contributed by atoms with Crippen molar-refractivity contribution in [1.29, 1.82) is 0 Å². The van der Waals surface area contributed by atoms with E-state index in [0.29, 0.717) is 16.6 Å². The predicted octanol–water partition coefficient (Wildman–Crippen LogP) is 5.41. The van der Waals surface area contributed by atoms with E-state index in [4.69, 9.17) is 9.40 Å². The van der Waals surface area contributed by atoms with Crippen LogP contribution in [0.25, 0.3) is 10.2 Å². The Kier molecular flexibility index (Phi) is 4.15. The minimum atomic E-state index is -0.0557. The van der Waals surface area contributed by atoms with Gasteiger partial charge in [0, 0.05) is 0 Å². The number of aryl methyl sites for hydroxylation is 2. The van der Waals surface area contributed by atoms with Gasteiger partial charge in [0.2, 0.25) is 0 Å². The SMILES string of the molecule is Cc1ccc2sc(N(Cc3ccco3)C(=O)c3cccs3)nc2c1C. The first-order valence-electron chi connectivity index (χ1n) is 7.88. The van der Waals surface area contributed by atoms with E-state index in [9.17, 15) is 4.79 Å². The third-order valence-corrected chi connectivity index (χ3v) is 6.08. The molecule has 25 heavy (non-hydrogen) atoms. The minimum Gasteiger partial charge on any atom is -0.467 e. The largest absolute Gasteiger partial charge is 0.467 e. The summed E-state index contributed by atoms with van der Waals surface area (Å²) in [4.78, 5) is 20.2. The van der Waals surface area contributed by atoms with Crippen LogP contribution in [0.5, 0.6) is 0 Å². The maximum Gasteiger partial charge on any atom is 0.270 e. The predicted molar refractivity (Wildman–Crippen MR) is 103 cm³/mol. The number of furan rings is 1. The monoisotopic (exact) mass is 368 g/mol. The fourth-order valence-electron chi connectivity index (χ4n) is 2.65. The number of rotatable bonds is 4. The van der Waals surface area contributed by atoms with Crippen LogP contribution >= 0.6 is 22.7 Å². The molecule has 0 saturated carbocycles. The molecule has 0 saturated heterocycles. The molecule has 0 aliphatic rings. The molecule has 4 rings (SSSR count). The van der Waals surface area contributed by atoms with E-state index in [0.717, 1.165) is 21.5 Å². The Bertz CT molecular complexity index is 1020. The van der Waals surface area contributed by atoms with Crippen molar-refractivity contribution >= 4 is 43.9 Å². The van der Waals surface area contributed by atoms with E-state index in [-0.39, 0.29) is 5.91 Å². The zero-order valence-corrected chi connectivity index (χ0v) is 15.5. The van der Waals surface area contributed by atoms with Gasteiger partial charge in [-0.05, 0) is 54.6 Å². The normalized spacial score (nSPS) is 11.1. The topological polar surface area (TPSA) is 46.3 Å². The fraction of sp³-hybridized carbons (Fsp3) is 0.158. The van der Waals surface area contributed by atoms with Gasteiger partial charge in [0.25, 0.3) is 5.91 Å². The van der Waals surface area contributed by atoms with Gasteiger partial charge >= 0.3 is 0 Å². The zero-order valence-electron chi connectivity index (χ0n) is 13.9. The van der Waals surface area contributed by atoms with Crippen molar-refractivity contribution < 1.29 is 9.21 Å². The second kappa shape index (κ2) is 6.46. The molecule has 3 heterocycles. The fourth-order valence-corrected chi connectivity index (χ4v) is 4.34. The highest BCUT2D eigenvalue weighted by Gasteiger charge is 2.23. The Morgan fingerprint density at radius 2 is 2.08 bits per heavy atom. The lowest BCUT2D eigenvalue weighted by Crippen LogP contribution is -2.29. The van der Waals surface area contributed by atoms with E-state index in [2.05, 4.69) is 26.0 Å². The number of thiophene rings is 1. The zero-order chi connectivity index (χ0) is 17.4. The molecule has 4 aromatic rings. The van der Waals surface area contributed by atoms with E-state index in [1.807, 2.05) is 29.6 Å². The van der Waals surface area contributed by atoms with Crippen LogP contribution in [0.1, 0.15) is 26.6 Å². The van der Waals surface area contributed by atoms with E-state index >= 15 is 0 Å². The maximum absolute atomic E-state index is 13.0. The first kappa shape index (κ1) is 16.1. The first-order valence-corrected chi connectivity index (χ1v) is 9.57. The smallest absolute Gasteiger partial charge is 0.270 e. The summed E-state index contributed by atoms with van der Waals surface area (Å²) in [5.41, 5.74) is 3.32. The van der Waals surface area contributed by atoms with Crippen molar-refractivity contribution in [3.8, 4) is 0 Å². The summed E-state index contributed by atoms with van der Waals surface area (Å²) in [7, 11) is 0. The molecule has 0 radical (unpaired) electrons. The summed E-state index contributed by atoms with van der Waals surface area (Å²) in [5, 5.41) is 2.60. The van der Waals surface area contributed by atoms with Crippen LogP contribution in [-0.2, 0) is 6.54 Å². The van der Waals surface area contributed by atoms with Crippen molar-refractivity contribution in [3.63, 3.8) is 0 Å². The van der Waals surface area contributed by atoms with Crippen LogP contribution in [0.2, 0.25) is 0 Å². The molecule has 1 amide bonds. The number of aromatic nitrogens is 1. The Hall–Kier alpha value is -2.44. The molecule has 4 nitrogen and oxygen atoms in total. The maximum atomic E-state index is 13.0. The third-order valence-electron chi connectivity index (χ3n) is 4.18. The van der Waals surface area contributed by atoms with Crippen LogP contribution in [0.15, 0.2) is 52.5 Å². The number of anilines is 1. The van der Waals surface area contributed by atoms with Gasteiger partial charge in [-0.2, -0.15) is 0 Å². The first-order chi connectivity index (χ1) is 12.1. The summed E-state index contributed by atoms with van der Waals surface area (Å²) in [6, 6.07) is 11.6. The number of hydrogen-bond donors (Lipinski definition) is 0. The lowest BCUT2D eigenvalue weighted by Gasteiger charge is -2.17. The van der Waals surface area contributed by atoms with Crippen LogP contribution in [0, 0.1) is 13.8 Å². The molecule has 0 fully saturated rings. The number of benzene rings is 1. The van der Waals surface area contributed by atoms with E-state index < -0.39 is 0 Å². The van der Waals surface area contributed by atoms with Crippen molar-refractivity contribution in [3.05, 3.63) is 69.8 Å². The number of amides is 1. The van der Waals surface area contributed by atoms with Crippen molar-refractivity contribution in [1.82, 2.24) is 4.98 Å². The molecule has 0 spiro atoms. The highest BCUT2D eigenvalue weighted by atomic mass is 32.1. The van der Waals surface area contributed by atoms with Crippen molar-refractivity contribution in [2.24, 2.45) is 0 Å². The molecule has 0 bridgehead atoms. The molecule has 0 atom stereocenters. The second-order valence-electron chi connectivity index (χ2n) is 5.80. The molecule has 126 valence electrons. The van der Waals surface area contributed by atoms with Crippen LogP contribution < -0.4 is 4.90 Å². The quantitative estimate of drug-likeness (QED) is 0.483. The van der Waals surface area contributed by atoms with Gasteiger partial charge in [0.15, 0.2) is 5.13 Å². The average Bonchev–Trinajstić information content (AvgIpc) is 3.36. The Morgan fingerprint density at radius 1 is 1.20 bits per heavy atom. The van der Waals surface area contributed by atoms with E-state index in [1.165, 1.54) is 28.2 Å². The molecule has 0 aliphatic carbocycles. The van der Waals surface area contributed by atoms with Gasteiger partial charge in [0.1, 0.15) is 5.76 Å². The van der Waals surface area contributed by atoms with Crippen molar-refractivity contribution in [2.45, 2.75) is 20.4 Å². The Morgan fingerprint density at radius 3 is 2.80 bits per heavy atom. The number of thiazole rings is 1. The summed E-state index contributed by atoms with van der Waals surface area (Å²) < 4.78 is 6.54. The number of carbonyl (C=O) groups excluding carboxylic acids is 1. The summed E-state index contributed by atoms with van der Waals surface area (Å²) in [5.74, 6) is 0.678. The van der Waals surface area contributed by atoms with Gasteiger partial charge < -0.3 is 4.42 Å². The molecular weight excluding hydrogens is 352 g/mol. The molecule has 1 aromatic carbocycles. The highest BCUT2D eigenvalue weighted by Crippen LogP contribution is 2.33. The van der Waals surface area contributed by atoms with Crippen molar-refractivity contribution in [2.75, 3.05) is 4.90 Å². The Labute approximate surface area is 153 Å². The van der Waals surface area contributed by atoms with Crippen LogP contribution in [0.4, 0.5) is 5.13 Å². The molecular formula is C19H16N2O2S2. The van der Waals surface area contributed by atoms with Gasteiger partial charge in [-0.3, -0.25) is 9.69 Å². The molecule has 0 unspecified atom stereocenters. The van der Waals surface area contributed by atoms with Crippen LogP contribution in [-0.4, -0.2) is 10.9 Å². The highest BCUT2D eigenvalue weighted by molar-refractivity contribution is 7.22. The number of carbonyl (C=O) groups is 1. The summed E-state index contributed by atoms with van der Waals surface area (Å²) in [6.45, 7) is 4.51. The minimum absolute atomic E-state index is 0.0557. The lowest BCUT2D eigenvalue weighted by atomic mass is 10.1. The third kappa shape index (κ3) is 2.99. The van der Waals surface area contributed by atoms with Gasteiger partial charge in [-0.15, -0.1) is 11.3 Å². The number of hydrogen-bond acceptors (Lipinski definition) is 5. The standard InChI is InChI=1S/C19H16N2O2S2/c1-12-7-8-15-17(13(12)2)20-19(25-15)21(11-14-5-3-9-23-14)18(22)16-6-4-10-24-16/h3-10H,11H2,1-2H3. The Balaban J connectivity index is 1.79. The van der Waals surface area contributed by atoms with E-state index in [1.54, 1.807) is 11.2 Å². The number of fused-ring (bicyclic) bond motifs is 1.